The van der Waals surface area contributed by atoms with Crippen LogP contribution >= 0.6 is 11.8 Å². The van der Waals surface area contributed by atoms with Crippen molar-refractivity contribution in [1.29, 1.82) is 0 Å². The second kappa shape index (κ2) is 15.8. The van der Waals surface area contributed by atoms with E-state index >= 15 is 0 Å². The Morgan fingerprint density at radius 3 is 2.40 bits per heavy atom. The number of rotatable bonds is 14. The minimum Gasteiger partial charge on any atom is -0.486 e. The van der Waals surface area contributed by atoms with Gasteiger partial charge < -0.3 is 25.8 Å². The predicted molar refractivity (Wildman–Crippen MR) is 169 cm³/mol. The summed E-state index contributed by atoms with van der Waals surface area (Å²) < 4.78 is 20.4. The van der Waals surface area contributed by atoms with E-state index in [0.717, 1.165) is 4.90 Å². The van der Waals surface area contributed by atoms with Gasteiger partial charge in [-0.1, -0.05) is 32.0 Å². The van der Waals surface area contributed by atoms with Crippen LogP contribution in [-0.4, -0.2) is 68.7 Å². The zero-order chi connectivity index (χ0) is 33.4. The average molecular weight is 645 g/mol. The number of anilines is 1. The van der Waals surface area contributed by atoms with E-state index in [9.17, 15) is 33.5 Å². The van der Waals surface area contributed by atoms with Gasteiger partial charge in [0, 0.05) is 30.6 Å². The van der Waals surface area contributed by atoms with Gasteiger partial charge in [0.1, 0.15) is 18.7 Å². The summed E-state index contributed by atoms with van der Waals surface area (Å²) in [6.45, 7) is 9.95. The first-order valence-corrected chi connectivity index (χ1v) is 15.7. The number of imide groups is 1. The van der Waals surface area contributed by atoms with Crippen LogP contribution in [-0.2, 0) is 30.6 Å². The Bertz CT molecular complexity index is 1430. The summed E-state index contributed by atoms with van der Waals surface area (Å²) in [5, 5.41) is 17.4. The zero-order valence-corrected chi connectivity index (χ0v) is 27.1. The number of aryl methyl sites for hydroxylation is 1. The first kappa shape index (κ1) is 35.5. The molecule has 3 unspecified atom stereocenters. The van der Waals surface area contributed by atoms with E-state index in [1.165, 1.54) is 38.6 Å². The molecule has 0 bridgehead atoms. The Kier molecular flexibility index (Phi) is 12.5. The number of ether oxygens (including phenoxy) is 1. The van der Waals surface area contributed by atoms with E-state index in [-0.39, 0.29) is 54.4 Å². The predicted octanol–water partition coefficient (Wildman–Crippen LogP) is 3.37. The Balaban J connectivity index is 1.47. The summed E-state index contributed by atoms with van der Waals surface area (Å²) >= 11 is 1.42. The van der Waals surface area contributed by atoms with Crippen LogP contribution in [0.4, 0.5) is 10.1 Å². The van der Waals surface area contributed by atoms with E-state index in [0.29, 0.717) is 16.8 Å². The summed E-state index contributed by atoms with van der Waals surface area (Å²) in [6, 6.07) is 7.96. The lowest BCUT2D eigenvalue weighted by Gasteiger charge is -2.19. The molecule has 0 aliphatic carbocycles. The zero-order valence-electron chi connectivity index (χ0n) is 26.3. The number of amides is 5. The molecule has 0 radical (unpaired) electrons. The molecule has 13 heteroatoms. The SMILES string of the molecule is Cc1ccc(OCc2cccc(NC(=O)[C@H](C)NC(=O)C(C)NC(=O)CCN3C(=O)CC(SC(C)C)C3=O)c2)c(F)c1C(C)O. The van der Waals surface area contributed by atoms with Gasteiger partial charge in [-0.2, -0.15) is 0 Å². The summed E-state index contributed by atoms with van der Waals surface area (Å²) in [4.78, 5) is 63.7. The molecule has 1 heterocycles. The quantitative estimate of drug-likeness (QED) is 0.228. The van der Waals surface area contributed by atoms with Gasteiger partial charge in [0.25, 0.3) is 0 Å². The lowest BCUT2D eigenvalue weighted by atomic mass is 10.0. The molecule has 45 heavy (non-hydrogen) atoms. The Labute approximate surface area is 266 Å². The molecule has 3 rings (SSSR count). The Morgan fingerprint density at radius 1 is 1.04 bits per heavy atom. The van der Waals surface area contributed by atoms with E-state index in [4.69, 9.17) is 4.74 Å². The molecule has 2 aromatic rings. The van der Waals surface area contributed by atoms with Gasteiger partial charge in [0.05, 0.1) is 11.4 Å². The minimum absolute atomic E-state index is 0.00381. The normalized spacial score (nSPS) is 16.7. The summed E-state index contributed by atoms with van der Waals surface area (Å²) in [5.41, 5.74) is 1.85. The fourth-order valence-corrected chi connectivity index (χ4v) is 5.90. The second-order valence-corrected chi connectivity index (χ2v) is 13.1. The van der Waals surface area contributed by atoms with Crippen molar-refractivity contribution in [3.05, 3.63) is 58.9 Å². The number of halogens is 1. The molecule has 1 aliphatic rings. The lowest BCUT2D eigenvalue weighted by molar-refractivity contribution is -0.139. The molecule has 0 spiro atoms. The highest BCUT2D eigenvalue weighted by molar-refractivity contribution is 8.01. The van der Waals surface area contributed by atoms with Crippen LogP contribution in [0.3, 0.4) is 0 Å². The third kappa shape index (κ3) is 9.76. The number of hydrogen-bond donors (Lipinski definition) is 4. The molecule has 1 fully saturated rings. The highest BCUT2D eigenvalue weighted by Crippen LogP contribution is 2.30. The lowest BCUT2D eigenvalue weighted by Crippen LogP contribution is -2.50. The van der Waals surface area contributed by atoms with Crippen molar-refractivity contribution >= 4 is 47.0 Å². The van der Waals surface area contributed by atoms with Crippen molar-refractivity contribution < 1.29 is 38.2 Å². The van der Waals surface area contributed by atoms with E-state index in [2.05, 4.69) is 16.0 Å². The molecule has 4 N–H and O–H groups in total. The molecule has 1 saturated heterocycles. The number of benzene rings is 2. The van der Waals surface area contributed by atoms with E-state index in [1.807, 2.05) is 13.8 Å². The molecular formula is C32H41FN4O7S. The third-order valence-corrected chi connectivity index (χ3v) is 8.33. The molecule has 244 valence electrons. The smallest absolute Gasteiger partial charge is 0.246 e. The number of nitrogens with one attached hydrogen (secondary N) is 3. The van der Waals surface area contributed by atoms with E-state index < -0.39 is 47.0 Å². The standard InChI is InChI=1S/C32H41FN4O7S/c1-17(2)45-25-15-27(40)37(32(25)43)13-12-26(39)34-19(4)30(41)35-20(5)31(42)36-23-9-7-8-22(14-23)16-44-24-11-10-18(3)28(21(6)38)29(24)33/h7-11,14,17,19-21,25,38H,12-13,15-16H2,1-6H3,(H,34,39)(H,35,41)(H,36,42)/t19?,20-,21?,25?/m0/s1. The van der Waals surface area contributed by atoms with Crippen LogP contribution in [0.15, 0.2) is 36.4 Å². The number of likely N-dealkylation sites (tertiary alicyclic amines) is 1. The first-order valence-electron chi connectivity index (χ1n) is 14.8. The van der Waals surface area contributed by atoms with Crippen molar-refractivity contribution in [2.45, 2.75) is 89.7 Å². The number of hydrogen-bond acceptors (Lipinski definition) is 8. The van der Waals surface area contributed by atoms with Crippen LogP contribution < -0.4 is 20.7 Å². The van der Waals surface area contributed by atoms with Crippen LogP contribution in [0.5, 0.6) is 5.75 Å². The summed E-state index contributed by atoms with van der Waals surface area (Å²) in [7, 11) is 0. The molecule has 2 aromatic carbocycles. The number of nitrogens with zero attached hydrogens (tertiary/aromatic N) is 1. The Morgan fingerprint density at radius 2 is 1.73 bits per heavy atom. The molecule has 0 saturated carbocycles. The van der Waals surface area contributed by atoms with Gasteiger partial charge in [-0.15, -0.1) is 11.8 Å². The molecule has 11 nitrogen and oxygen atoms in total. The number of carbonyl (C=O) groups is 5. The topological polar surface area (TPSA) is 154 Å². The van der Waals surface area contributed by atoms with Gasteiger partial charge >= 0.3 is 0 Å². The molecule has 5 amide bonds. The molecular weight excluding hydrogens is 603 g/mol. The van der Waals surface area contributed by atoms with Crippen molar-refractivity contribution in [3.8, 4) is 5.75 Å². The van der Waals surface area contributed by atoms with Crippen LogP contribution in [0.25, 0.3) is 0 Å². The van der Waals surface area contributed by atoms with Crippen molar-refractivity contribution in [3.63, 3.8) is 0 Å². The van der Waals surface area contributed by atoms with Crippen LogP contribution in [0, 0.1) is 12.7 Å². The molecule has 1 aliphatic heterocycles. The van der Waals surface area contributed by atoms with Crippen molar-refractivity contribution in [2.24, 2.45) is 0 Å². The largest absolute Gasteiger partial charge is 0.486 e. The third-order valence-electron chi connectivity index (χ3n) is 7.09. The second-order valence-electron chi connectivity index (χ2n) is 11.3. The number of thioether (sulfide) groups is 1. The molecule has 4 atom stereocenters. The van der Waals surface area contributed by atoms with Gasteiger partial charge in [0.15, 0.2) is 11.6 Å². The first-order chi connectivity index (χ1) is 21.2. The number of aliphatic hydroxyl groups is 1. The van der Waals surface area contributed by atoms with E-state index in [1.54, 1.807) is 37.3 Å². The summed E-state index contributed by atoms with van der Waals surface area (Å²) in [5.74, 6) is -2.87. The number of aliphatic hydroxyl groups excluding tert-OH is 1. The van der Waals surface area contributed by atoms with Gasteiger partial charge in [0.2, 0.25) is 29.5 Å². The summed E-state index contributed by atoms with van der Waals surface area (Å²) in [6.07, 6.45) is -1.03. The maximum atomic E-state index is 14.8. The minimum atomic E-state index is -0.991. The fraction of sp³-hybridized carbons (Fsp3) is 0.469. The van der Waals surface area contributed by atoms with Crippen LogP contribution in [0.1, 0.15) is 70.3 Å². The van der Waals surface area contributed by atoms with Gasteiger partial charge in [-0.3, -0.25) is 28.9 Å². The maximum absolute atomic E-state index is 14.8. The van der Waals surface area contributed by atoms with Gasteiger partial charge in [-0.25, -0.2) is 4.39 Å². The highest BCUT2D eigenvalue weighted by atomic mass is 32.2. The molecule has 0 aromatic heterocycles. The Hall–Kier alpha value is -3.97. The van der Waals surface area contributed by atoms with Crippen molar-refractivity contribution in [1.82, 2.24) is 15.5 Å². The average Bonchev–Trinajstić information content (AvgIpc) is 3.22. The van der Waals surface area contributed by atoms with Gasteiger partial charge in [-0.05, 0) is 62.3 Å². The number of carbonyl (C=O) groups excluding carboxylic acids is 5. The van der Waals surface area contributed by atoms with Crippen molar-refractivity contribution in [2.75, 3.05) is 11.9 Å². The highest BCUT2D eigenvalue weighted by Gasteiger charge is 2.39. The fourth-order valence-electron chi connectivity index (χ4n) is 4.76. The van der Waals surface area contributed by atoms with Crippen LogP contribution in [0.2, 0.25) is 0 Å². The maximum Gasteiger partial charge on any atom is 0.246 e. The monoisotopic (exact) mass is 644 g/mol.